The topological polar surface area (TPSA) is 32.7 Å². The van der Waals surface area contributed by atoms with Crippen molar-refractivity contribution in [2.45, 2.75) is 38.9 Å². The first-order valence-electron chi connectivity index (χ1n) is 6.89. The molecule has 100 valence electrons. The summed E-state index contributed by atoms with van der Waals surface area (Å²) in [6.45, 7) is 6.76. The maximum absolute atomic E-state index is 10.1. The van der Waals surface area contributed by atoms with Gasteiger partial charge in [-0.1, -0.05) is 32.0 Å². The molecule has 1 aromatic rings. The van der Waals surface area contributed by atoms with Crippen LogP contribution in [0, 0.1) is 0 Å². The third-order valence-electron chi connectivity index (χ3n) is 3.62. The number of benzene rings is 1. The van der Waals surface area contributed by atoms with Crippen molar-refractivity contribution in [1.82, 2.24) is 0 Å². The molecule has 2 rings (SSSR count). The van der Waals surface area contributed by atoms with Crippen LogP contribution < -0.4 is 4.90 Å². The minimum Gasteiger partial charge on any atom is -0.388 e. The van der Waals surface area contributed by atoms with E-state index >= 15 is 0 Å². The lowest BCUT2D eigenvalue weighted by atomic mass is 10.0. The first-order chi connectivity index (χ1) is 8.76. The molecule has 0 amide bonds. The fourth-order valence-corrected chi connectivity index (χ4v) is 2.46. The lowest BCUT2D eigenvalue weighted by molar-refractivity contribution is 0.0382. The fraction of sp³-hybridized carbons (Fsp3) is 0.600. The van der Waals surface area contributed by atoms with E-state index in [2.05, 4.69) is 17.9 Å². The third-order valence-corrected chi connectivity index (χ3v) is 3.62. The molecule has 2 unspecified atom stereocenters. The van der Waals surface area contributed by atoms with Crippen LogP contribution in [0.5, 0.6) is 0 Å². The molecule has 2 atom stereocenters. The molecule has 0 spiro atoms. The van der Waals surface area contributed by atoms with E-state index in [1.54, 1.807) is 0 Å². The van der Waals surface area contributed by atoms with Crippen molar-refractivity contribution >= 4 is 5.69 Å². The molecule has 1 aliphatic rings. The molecule has 1 aliphatic heterocycles. The zero-order chi connectivity index (χ0) is 13.0. The summed E-state index contributed by atoms with van der Waals surface area (Å²) in [5, 5.41) is 10.1. The number of anilines is 1. The lowest BCUT2D eigenvalue weighted by Crippen LogP contribution is -2.42. The molecule has 1 fully saturated rings. The van der Waals surface area contributed by atoms with E-state index in [1.807, 2.05) is 25.1 Å². The zero-order valence-corrected chi connectivity index (χ0v) is 11.3. The molecule has 0 radical (unpaired) electrons. The molecule has 1 saturated heterocycles. The molecule has 1 aromatic carbocycles. The van der Waals surface area contributed by atoms with Crippen molar-refractivity contribution in [1.29, 1.82) is 0 Å². The smallest absolute Gasteiger partial charge is 0.0807 e. The van der Waals surface area contributed by atoms with Gasteiger partial charge in [-0.25, -0.2) is 0 Å². The van der Waals surface area contributed by atoms with Crippen molar-refractivity contribution in [3.63, 3.8) is 0 Å². The largest absolute Gasteiger partial charge is 0.388 e. The SMILES string of the molecule is CCC1CN(c2ccccc2C(O)CC)CCO1. The van der Waals surface area contributed by atoms with Crippen LogP contribution in [0.4, 0.5) is 5.69 Å². The molecule has 3 heteroatoms. The van der Waals surface area contributed by atoms with Gasteiger partial charge in [-0.05, 0) is 18.9 Å². The predicted molar refractivity (Wildman–Crippen MR) is 73.9 cm³/mol. The second-order valence-electron chi connectivity index (χ2n) is 4.83. The van der Waals surface area contributed by atoms with Crippen LogP contribution in [0.25, 0.3) is 0 Å². The molecule has 0 saturated carbocycles. The van der Waals surface area contributed by atoms with Gasteiger partial charge in [-0.15, -0.1) is 0 Å². The summed E-state index contributed by atoms with van der Waals surface area (Å²) in [7, 11) is 0. The van der Waals surface area contributed by atoms with Gasteiger partial charge in [0.25, 0.3) is 0 Å². The van der Waals surface area contributed by atoms with Crippen molar-refractivity contribution in [2.75, 3.05) is 24.6 Å². The molecule has 0 aliphatic carbocycles. The average molecular weight is 249 g/mol. The van der Waals surface area contributed by atoms with E-state index in [9.17, 15) is 5.11 Å². The maximum atomic E-state index is 10.1. The number of aliphatic hydroxyl groups excluding tert-OH is 1. The highest BCUT2D eigenvalue weighted by Gasteiger charge is 2.22. The van der Waals surface area contributed by atoms with Gasteiger partial charge in [0.1, 0.15) is 0 Å². The van der Waals surface area contributed by atoms with Crippen LogP contribution >= 0.6 is 0 Å². The van der Waals surface area contributed by atoms with Gasteiger partial charge < -0.3 is 14.7 Å². The number of morpholine rings is 1. The van der Waals surface area contributed by atoms with Gasteiger partial charge in [0.05, 0.1) is 18.8 Å². The Balaban J connectivity index is 2.21. The third kappa shape index (κ3) is 2.85. The molecule has 18 heavy (non-hydrogen) atoms. The van der Waals surface area contributed by atoms with Gasteiger partial charge >= 0.3 is 0 Å². The summed E-state index contributed by atoms with van der Waals surface area (Å²) in [5.41, 5.74) is 2.20. The lowest BCUT2D eigenvalue weighted by Gasteiger charge is -2.35. The van der Waals surface area contributed by atoms with Crippen LogP contribution in [0.3, 0.4) is 0 Å². The Labute approximate surface area is 109 Å². The Morgan fingerprint density at radius 3 is 2.89 bits per heavy atom. The van der Waals surface area contributed by atoms with E-state index in [1.165, 1.54) is 0 Å². The highest BCUT2D eigenvalue weighted by Crippen LogP contribution is 2.29. The number of hydrogen-bond donors (Lipinski definition) is 1. The van der Waals surface area contributed by atoms with Gasteiger partial charge in [-0.3, -0.25) is 0 Å². The second kappa shape index (κ2) is 6.21. The fourth-order valence-electron chi connectivity index (χ4n) is 2.46. The quantitative estimate of drug-likeness (QED) is 0.890. The Kier molecular flexibility index (Phi) is 4.61. The van der Waals surface area contributed by atoms with Crippen LogP contribution in [0.15, 0.2) is 24.3 Å². The summed E-state index contributed by atoms with van der Waals surface area (Å²) in [5.74, 6) is 0. The van der Waals surface area contributed by atoms with Gasteiger partial charge in [0.2, 0.25) is 0 Å². The van der Waals surface area contributed by atoms with Gasteiger partial charge in [0, 0.05) is 24.3 Å². The van der Waals surface area contributed by atoms with Crippen LogP contribution in [-0.2, 0) is 4.74 Å². The average Bonchev–Trinajstić information content (AvgIpc) is 2.46. The van der Waals surface area contributed by atoms with Crippen LogP contribution in [0.1, 0.15) is 38.4 Å². The van der Waals surface area contributed by atoms with Gasteiger partial charge in [0.15, 0.2) is 0 Å². The first kappa shape index (κ1) is 13.4. The molecular weight excluding hydrogens is 226 g/mol. The maximum Gasteiger partial charge on any atom is 0.0807 e. The van der Waals surface area contributed by atoms with Crippen LogP contribution in [0.2, 0.25) is 0 Å². The monoisotopic (exact) mass is 249 g/mol. The van der Waals surface area contributed by atoms with Crippen molar-refractivity contribution in [2.24, 2.45) is 0 Å². The Morgan fingerprint density at radius 1 is 1.39 bits per heavy atom. The Bertz CT molecular complexity index is 381. The first-order valence-corrected chi connectivity index (χ1v) is 6.89. The molecule has 3 nitrogen and oxygen atoms in total. The number of aliphatic hydroxyl groups is 1. The van der Waals surface area contributed by atoms with Crippen molar-refractivity contribution < 1.29 is 9.84 Å². The summed E-state index contributed by atoms with van der Waals surface area (Å²) >= 11 is 0. The normalized spacial score (nSPS) is 21.9. The molecule has 1 N–H and O–H groups in total. The van der Waals surface area contributed by atoms with E-state index in [4.69, 9.17) is 4.74 Å². The van der Waals surface area contributed by atoms with E-state index < -0.39 is 0 Å². The standard InChI is InChI=1S/C15H23NO2/c1-3-12-11-16(9-10-18-12)14-8-6-5-7-13(14)15(17)4-2/h5-8,12,15,17H,3-4,9-11H2,1-2H3. The predicted octanol–water partition coefficient (Wildman–Crippen LogP) is 2.75. The summed E-state index contributed by atoms with van der Waals surface area (Å²) in [6.07, 6.45) is 1.72. The summed E-state index contributed by atoms with van der Waals surface area (Å²) in [6, 6.07) is 8.17. The van der Waals surface area contributed by atoms with Crippen molar-refractivity contribution in [3.8, 4) is 0 Å². The Morgan fingerprint density at radius 2 is 2.17 bits per heavy atom. The zero-order valence-electron chi connectivity index (χ0n) is 11.3. The van der Waals surface area contributed by atoms with Crippen molar-refractivity contribution in [3.05, 3.63) is 29.8 Å². The number of rotatable bonds is 4. The highest BCUT2D eigenvalue weighted by atomic mass is 16.5. The minimum absolute atomic E-state index is 0.311. The van der Waals surface area contributed by atoms with E-state index in [0.717, 1.165) is 43.8 Å². The Hall–Kier alpha value is -1.06. The molecule has 1 heterocycles. The number of nitrogens with zero attached hydrogens (tertiary/aromatic N) is 1. The highest BCUT2D eigenvalue weighted by molar-refractivity contribution is 5.55. The van der Waals surface area contributed by atoms with E-state index in [0.29, 0.717) is 6.10 Å². The molecule has 0 aromatic heterocycles. The van der Waals surface area contributed by atoms with Gasteiger partial charge in [-0.2, -0.15) is 0 Å². The number of para-hydroxylation sites is 1. The molecule has 0 bridgehead atoms. The van der Waals surface area contributed by atoms with Crippen LogP contribution in [-0.4, -0.2) is 30.9 Å². The minimum atomic E-state index is -0.371. The number of ether oxygens (including phenoxy) is 1. The number of hydrogen-bond acceptors (Lipinski definition) is 3. The molecular formula is C15H23NO2. The van der Waals surface area contributed by atoms with E-state index in [-0.39, 0.29) is 6.10 Å². The summed E-state index contributed by atoms with van der Waals surface area (Å²) < 4.78 is 5.70. The summed E-state index contributed by atoms with van der Waals surface area (Å²) in [4.78, 5) is 2.34. The second-order valence-corrected chi connectivity index (χ2v) is 4.83.